The van der Waals surface area contributed by atoms with Gasteiger partial charge in [-0.1, -0.05) is 6.07 Å². The molecule has 0 atom stereocenters. The first-order chi connectivity index (χ1) is 7.31. The average molecular weight is 205 g/mol. The Morgan fingerprint density at radius 2 is 2.27 bits per heavy atom. The lowest BCUT2D eigenvalue weighted by molar-refractivity contribution is -0.119. The number of hydrogen-bond donors (Lipinski definition) is 1. The standard InChI is InChI=1S/C11H15N3O/c12-7-9-4-5-10(13-8-9)14-6-2-1-3-11(14)15/h4-5,8H,1-3,6-7,12H2. The van der Waals surface area contributed by atoms with Crippen molar-refractivity contribution in [2.75, 3.05) is 11.4 Å². The quantitative estimate of drug-likeness (QED) is 0.785. The third kappa shape index (κ3) is 2.15. The fourth-order valence-electron chi connectivity index (χ4n) is 1.75. The molecule has 4 nitrogen and oxygen atoms in total. The van der Waals surface area contributed by atoms with Gasteiger partial charge in [0.1, 0.15) is 5.82 Å². The molecule has 1 fully saturated rings. The molecule has 0 unspecified atom stereocenters. The van der Waals surface area contributed by atoms with E-state index in [2.05, 4.69) is 4.98 Å². The number of nitrogens with two attached hydrogens (primary N) is 1. The third-order valence-electron chi connectivity index (χ3n) is 2.64. The lowest BCUT2D eigenvalue weighted by Gasteiger charge is -2.25. The summed E-state index contributed by atoms with van der Waals surface area (Å²) < 4.78 is 0. The molecule has 1 aliphatic heterocycles. The number of rotatable bonds is 2. The summed E-state index contributed by atoms with van der Waals surface area (Å²) in [5.74, 6) is 0.922. The summed E-state index contributed by atoms with van der Waals surface area (Å²) in [6.07, 6.45) is 4.43. The van der Waals surface area contributed by atoms with Crippen LogP contribution in [0.3, 0.4) is 0 Å². The Labute approximate surface area is 89.1 Å². The van der Waals surface area contributed by atoms with E-state index in [-0.39, 0.29) is 5.91 Å². The first-order valence-electron chi connectivity index (χ1n) is 5.26. The van der Waals surface area contributed by atoms with E-state index >= 15 is 0 Å². The molecule has 1 amide bonds. The van der Waals surface area contributed by atoms with Gasteiger partial charge in [-0.15, -0.1) is 0 Å². The highest BCUT2D eigenvalue weighted by atomic mass is 16.2. The van der Waals surface area contributed by atoms with Crippen molar-refractivity contribution in [3.8, 4) is 0 Å². The largest absolute Gasteiger partial charge is 0.326 e. The van der Waals surface area contributed by atoms with Gasteiger partial charge in [-0.05, 0) is 24.5 Å². The molecule has 0 bridgehead atoms. The van der Waals surface area contributed by atoms with Gasteiger partial charge >= 0.3 is 0 Å². The van der Waals surface area contributed by atoms with Gasteiger partial charge < -0.3 is 5.73 Å². The van der Waals surface area contributed by atoms with Crippen LogP contribution in [-0.2, 0) is 11.3 Å². The molecule has 0 spiro atoms. The maximum Gasteiger partial charge on any atom is 0.228 e. The summed E-state index contributed by atoms with van der Waals surface area (Å²) in [6, 6.07) is 3.79. The lowest BCUT2D eigenvalue weighted by atomic mass is 10.1. The molecule has 0 radical (unpaired) electrons. The van der Waals surface area contributed by atoms with Crippen LogP contribution in [0.4, 0.5) is 5.82 Å². The molecule has 1 aliphatic rings. The SMILES string of the molecule is NCc1ccc(N2CCCCC2=O)nc1. The van der Waals surface area contributed by atoms with Crippen molar-refractivity contribution in [1.29, 1.82) is 0 Å². The van der Waals surface area contributed by atoms with Crippen LogP contribution in [-0.4, -0.2) is 17.4 Å². The maximum atomic E-state index is 11.6. The van der Waals surface area contributed by atoms with E-state index < -0.39 is 0 Å². The molecule has 1 aromatic heterocycles. The van der Waals surface area contributed by atoms with Crippen LogP contribution in [0.5, 0.6) is 0 Å². The van der Waals surface area contributed by atoms with Crippen molar-refractivity contribution in [1.82, 2.24) is 4.98 Å². The Morgan fingerprint density at radius 3 is 2.87 bits per heavy atom. The second-order valence-corrected chi connectivity index (χ2v) is 3.73. The number of amides is 1. The Balaban J connectivity index is 2.17. The monoisotopic (exact) mass is 205 g/mol. The molecule has 80 valence electrons. The molecular weight excluding hydrogens is 190 g/mol. The van der Waals surface area contributed by atoms with E-state index in [1.807, 2.05) is 12.1 Å². The van der Waals surface area contributed by atoms with Gasteiger partial charge in [0.15, 0.2) is 0 Å². The fourth-order valence-corrected chi connectivity index (χ4v) is 1.75. The van der Waals surface area contributed by atoms with Crippen LogP contribution in [0.15, 0.2) is 18.3 Å². The molecule has 1 saturated heterocycles. The molecule has 2 rings (SSSR count). The Bertz CT molecular complexity index is 347. The van der Waals surface area contributed by atoms with E-state index in [1.54, 1.807) is 11.1 Å². The van der Waals surface area contributed by atoms with Crippen LogP contribution in [0.25, 0.3) is 0 Å². The number of anilines is 1. The Morgan fingerprint density at radius 1 is 1.40 bits per heavy atom. The van der Waals surface area contributed by atoms with Crippen molar-refractivity contribution in [3.05, 3.63) is 23.9 Å². The summed E-state index contributed by atoms with van der Waals surface area (Å²) in [5.41, 5.74) is 6.47. The van der Waals surface area contributed by atoms with Gasteiger partial charge in [0.2, 0.25) is 5.91 Å². The molecule has 15 heavy (non-hydrogen) atoms. The van der Waals surface area contributed by atoms with E-state index in [4.69, 9.17) is 5.73 Å². The van der Waals surface area contributed by atoms with Crippen molar-refractivity contribution in [2.24, 2.45) is 5.73 Å². The Hall–Kier alpha value is -1.42. The highest BCUT2D eigenvalue weighted by Crippen LogP contribution is 2.18. The van der Waals surface area contributed by atoms with E-state index in [1.165, 1.54) is 0 Å². The van der Waals surface area contributed by atoms with Crippen molar-refractivity contribution >= 4 is 11.7 Å². The molecule has 2 heterocycles. The minimum Gasteiger partial charge on any atom is -0.326 e. The molecule has 0 saturated carbocycles. The fraction of sp³-hybridized carbons (Fsp3) is 0.455. The Kier molecular flexibility index (Phi) is 2.97. The molecule has 0 aromatic carbocycles. The normalized spacial score (nSPS) is 16.9. The van der Waals surface area contributed by atoms with E-state index in [9.17, 15) is 4.79 Å². The molecule has 0 aliphatic carbocycles. The predicted molar refractivity (Wildman–Crippen MR) is 58.3 cm³/mol. The van der Waals surface area contributed by atoms with E-state index in [0.717, 1.165) is 30.8 Å². The van der Waals surface area contributed by atoms with Crippen molar-refractivity contribution in [2.45, 2.75) is 25.8 Å². The van der Waals surface area contributed by atoms with Crippen LogP contribution in [0, 0.1) is 0 Å². The summed E-state index contributed by atoms with van der Waals surface area (Å²) in [5, 5.41) is 0. The first-order valence-corrected chi connectivity index (χ1v) is 5.26. The summed E-state index contributed by atoms with van der Waals surface area (Å²) >= 11 is 0. The highest BCUT2D eigenvalue weighted by molar-refractivity contribution is 5.92. The van der Waals surface area contributed by atoms with Gasteiger partial charge in [-0.2, -0.15) is 0 Å². The van der Waals surface area contributed by atoms with Gasteiger partial charge in [-0.3, -0.25) is 9.69 Å². The second-order valence-electron chi connectivity index (χ2n) is 3.73. The minimum absolute atomic E-state index is 0.175. The van der Waals surface area contributed by atoms with Crippen LogP contribution < -0.4 is 10.6 Å². The van der Waals surface area contributed by atoms with Crippen molar-refractivity contribution < 1.29 is 4.79 Å². The molecule has 1 aromatic rings. The minimum atomic E-state index is 0.175. The van der Waals surface area contributed by atoms with E-state index in [0.29, 0.717) is 13.0 Å². The van der Waals surface area contributed by atoms with Gasteiger partial charge in [0, 0.05) is 25.7 Å². The van der Waals surface area contributed by atoms with Gasteiger partial charge in [-0.25, -0.2) is 4.98 Å². The molecular formula is C11H15N3O. The molecule has 2 N–H and O–H groups in total. The number of carbonyl (C=O) groups is 1. The predicted octanol–water partition coefficient (Wildman–Crippen LogP) is 1.06. The number of piperidine rings is 1. The number of pyridine rings is 1. The van der Waals surface area contributed by atoms with Crippen LogP contribution >= 0.6 is 0 Å². The van der Waals surface area contributed by atoms with Gasteiger partial charge in [0.05, 0.1) is 0 Å². The zero-order valence-corrected chi connectivity index (χ0v) is 8.65. The third-order valence-corrected chi connectivity index (χ3v) is 2.64. The number of aromatic nitrogens is 1. The second kappa shape index (κ2) is 4.40. The molecule has 4 heteroatoms. The zero-order valence-electron chi connectivity index (χ0n) is 8.65. The van der Waals surface area contributed by atoms with Crippen LogP contribution in [0.2, 0.25) is 0 Å². The van der Waals surface area contributed by atoms with Crippen LogP contribution in [0.1, 0.15) is 24.8 Å². The smallest absolute Gasteiger partial charge is 0.228 e. The summed E-state index contributed by atoms with van der Waals surface area (Å²) in [6.45, 7) is 1.27. The topological polar surface area (TPSA) is 59.2 Å². The first kappa shape index (κ1) is 10.1. The summed E-state index contributed by atoms with van der Waals surface area (Å²) in [7, 11) is 0. The zero-order chi connectivity index (χ0) is 10.7. The summed E-state index contributed by atoms with van der Waals surface area (Å²) in [4.78, 5) is 17.6. The number of carbonyl (C=O) groups excluding carboxylic acids is 1. The van der Waals surface area contributed by atoms with Gasteiger partial charge in [0.25, 0.3) is 0 Å². The average Bonchev–Trinajstić information content (AvgIpc) is 2.30. The lowest BCUT2D eigenvalue weighted by Crippen LogP contribution is -2.35. The highest BCUT2D eigenvalue weighted by Gasteiger charge is 2.20. The number of nitrogens with zero attached hydrogens (tertiary/aromatic N) is 2. The number of hydrogen-bond acceptors (Lipinski definition) is 3. The van der Waals surface area contributed by atoms with Crippen molar-refractivity contribution in [3.63, 3.8) is 0 Å². The maximum absolute atomic E-state index is 11.6.